The van der Waals surface area contributed by atoms with E-state index in [1.54, 1.807) is 0 Å². The van der Waals surface area contributed by atoms with Crippen molar-refractivity contribution in [2.75, 3.05) is 19.0 Å². The number of carbonyl (C=O) groups excluding carboxylic acids is 1. The number of aromatic nitrogens is 2. The predicted molar refractivity (Wildman–Crippen MR) is 53.3 cm³/mol. The van der Waals surface area contributed by atoms with E-state index in [1.807, 2.05) is 0 Å². The maximum atomic E-state index is 11.3. The molecule has 4 N–H and O–H groups in total. The predicted octanol–water partition coefficient (Wildman–Crippen LogP) is -1.32. The number of ether oxygens (including phenoxy) is 1. The van der Waals surface area contributed by atoms with Crippen LogP contribution in [0.1, 0.15) is 0 Å². The lowest BCUT2D eigenvalue weighted by atomic mass is 10.3. The third kappa shape index (κ3) is 3.49. The molecule has 0 aliphatic carbocycles. The van der Waals surface area contributed by atoms with Gasteiger partial charge in [-0.1, -0.05) is 0 Å². The Kier molecular flexibility index (Phi) is 3.95. The number of aromatic amines is 1. The third-order valence-corrected chi connectivity index (χ3v) is 1.61. The minimum absolute atomic E-state index is 0.120. The van der Waals surface area contributed by atoms with Crippen LogP contribution < -0.4 is 16.6 Å². The van der Waals surface area contributed by atoms with Gasteiger partial charge in [-0.3, -0.25) is 9.59 Å². The van der Waals surface area contributed by atoms with Gasteiger partial charge in [-0.2, -0.15) is 5.10 Å². The van der Waals surface area contributed by atoms with Crippen molar-refractivity contribution in [1.29, 1.82) is 0 Å². The van der Waals surface area contributed by atoms with Gasteiger partial charge in [-0.25, -0.2) is 5.10 Å². The number of methoxy groups -OCH3 is 1. The zero-order chi connectivity index (χ0) is 11.3. The molecule has 82 valence electrons. The Balaban J connectivity index is 2.58. The van der Waals surface area contributed by atoms with Gasteiger partial charge in [-0.05, 0) is 6.07 Å². The van der Waals surface area contributed by atoms with Crippen molar-refractivity contribution in [3.63, 3.8) is 0 Å². The molecule has 0 bridgehead atoms. The summed E-state index contributed by atoms with van der Waals surface area (Å²) in [5, 5.41) is 8.21. The van der Waals surface area contributed by atoms with Gasteiger partial charge in [-0.15, -0.1) is 0 Å². The second kappa shape index (κ2) is 5.23. The van der Waals surface area contributed by atoms with E-state index in [1.165, 1.54) is 19.2 Å². The van der Waals surface area contributed by atoms with E-state index in [0.717, 1.165) is 0 Å². The van der Waals surface area contributed by atoms with Gasteiger partial charge in [0, 0.05) is 13.2 Å². The zero-order valence-corrected chi connectivity index (χ0v) is 8.19. The molecule has 1 aromatic rings. The highest BCUT2D eigenvalue weighted by Crippen LogP contribution is 1.96. The number of nitrogens with two attached hydrogens (primary N) is 1. The second-order valence-corrected chi connectivity index (χ2v) is 2.86. The first-order chi connectivity index (χ1) is 7.13. The summed E-state index contributed by atoms with van der Waals surface area (Å²) in [6.07, 6.45) is 0. The minimum atomic E-state index is -0.760. The summed E-state index contributed by atoms with van der Waals surface area (Å²) in [5.74, 6) is -0.178. The quantitative estimate of drug-likeness (QED) is 0.573. The van der Waals surface area contributed by atoms with Gasteiger partial charge >= 0.3 is 0 Å². The number of H-pyrrole nitrogens is 1. The number of rotatable bonds is 4. The fourth-order valence-electron chi connectivity index (χ4n) is 0.888. The maximum absolute atomic E-state index is 11.3. The number of nitrogens with zero attached hydrogens (tertiary/aromatic N) is 1. The SMILES string of the molecule is COCC(N)C(=O)Nc1ccc(=O)[nH]n1. The van der Waals surface area contributed by atoms with E-state index in [0.29, 0.717) is 0 Å². The van der Waals surface area contributed by atoms with Crippen LogP contribution in [0, 0.1) is 0 Å². The van der Waals surface area contributed by atoms with Crippen molar-refractivity contribution in [3.05, 3.63) is 22.5 Å². The average Bonchev–Trinajstić information content (AvgIpc) is 2.22. The van der Waals surface area contributed by atoms with Crippen LogP contribution in [-0.2, 0) is 9.53 Å². The van der Waals surface area contributed by atoms with E-state index >= 15 is 0 Å². The molecule has 15 heavy (non-hydrogen) atoms. The fourth-order valence-corrected chi connectivity index (χ4v) is 0.888. The molecule has 1 unspecified atom stereocenters. The molecule has 1 atom stereocenters. The van der Waals surface area contributed by atoms with Gasteiger partial charge in [0.25, 0.3) is 5.56 Å². The van der Waals surface area contributed by atoms with Crippen LogP contribution in [-0.4, -0.2) is 35.9 Å². The molecule has 0 aliphatic heterocycles. The van der Waals surface area contributed by atoms with Gasteiger partial charge < -0.3 is 15.8 Å². The first kappa shape index (κ1) is 11.3. The molecule has 0 saturated carbocycles. The first-order valence-electron chi connectivity index (χ1n) is 4.24. The Morgan fingerprint density at radius 2 is 2.47 bits per heavy atom. The highest BCUT2D eigenvalue weighted by atomic mass is 16.5. The fraction of sp³-hybridized carbons (Fsp3) is 0.375. The molecule has 1 amide bonds. The molecule has 0 radical (unpaired) electrons. The summed E-state index contributed by atoms with van der Waals surface area (Å²) in [5.41, 5.74) is 5.13. The number of carbonyl (C=O) groups is 1. The Morgan fingerprint density at radius 3 is 3.00 bits per heavy atom. The normalized spacial score (nSPS) is 12.1. The Labute approximate surface area is 85.6 Å². The van der Waals surface area contributed by atoms with Crippen LogP contribution in [0.5, 0.6) is 0 Å². The van der Waals surface area contributed by atoms with Gasteiger partial charge in [0.05, 0.1) is 6.61 Å². The molecule has 7 heteroatoms. The maximum Gasteiger partial charge on any atom is 0.264 e. The van der Waals surface area contributed by atoms with Crippen LogP contribution in [0.15, 0.2) is 16.9 Å². The van der Waals surface area contributed by atoms with Crippen LogP contribution in [0.3, 0.4) is 0 Å². The highest BCUT2D eigenvalue weighted by Gasteiger charge is 2.13. The standard InChI is InChI=1S/C8H12N4O3/c1-15-4-5(9)8(14)10-6-2-3-7(13)12-11-6/h2-3,5H,4,9H2,1H3,(H,12,13)(H,10,11,14). The highest BCUT2D eigenvalue weighted by molar-refractivity contribution is 5.93. The van der Waals surface area contributed by atoms with E-state index in [-0.39, 0.29) is 18.0 Å². The van der Waals surface area contributed by atoms with Gasteiger partial charge in [0.2, 0.25) is 5.91 Å². The summed E-state index contributed by atoms with van der Waals surface area (Å²) in [6.45, 7) is 0.120. The Morgan fingerprint density at radius 1 is 1.73 bits per heavy atom. The topological polar surface area (TPSA) is 110 Å². The van der Waals surface area contributed by atoms with Gasteiger partial charge in [0.1, 0.15) is 6.04 Å². The Hall–Kier alpha value is -1.73. The molecule has 1 heterocycles. The number of nitrogens with one attached hydrogen (secondary N) is 2. The van der Waals surface area contributed by atoms with Crippen LogP contribution in [0.25, 0.3) is 0 Å². The molecule has 0 aromatic carbocycles. The van der Waals surface area contributed by atoms with Crippen LogP contribution >= 0.6 is 0 Å². The number of amides is 1. The molecule has 1 aromatic heterocycles. The molecule has 0 saturated heterocycles. The largest absolute Gasteiger partial charge is 0.383 e. The van der Waals surface area contributed by atoms with E-state index in [4.69, 9.17) is 10.5 Å². The number of hydrogen-bond acceptors (Lipinski definition) is 5. The van der Waals surface area contributed by atoms with Crippen molar-refractivity contribution >= 4 is 11.7 Å². The summed E-state index contributed by atoms with van der Waals surface area (Å²) in [4.78, 5) is 22.0. The first-order valence-corrected chi connectivity index (χ1v) is 4.24. The second-order valence-electron chi connectivity index (χ2n) is 2.86. The van der Waals surface area contributed by atoms with Crippen molar-refractivity contribution in [2.45, 2.75) is 6.04 Å². The van der Waals surface area contributed by atoms with E-state index < -0.39 is 11.9 Å². The molecule has 0 aliphatic rings. The third-order valence-electron chi connectivity index (χ3n) is 1.61. The number of anilines is 1. The molecule has 1 rings (SSSR count). The molecular weight excluding hydrogens is 200 g/mol. The van der Waals surface area contributed by atoms with Crippen LogP contribution in [0.2, 0.25) is 0 Å². The smallest absolute Gasteiger partial charge is 0.264 e. The zero-order valence-electron chi connectivity index (χ0n) is 8.19. The Bertz CT molecular complexity index is 369. The van der Waals surface area contributed by atoms with Crippen LogP contribution in [0.4, 0.5) is 5.82 Å². The van der Waals surface area contributed by atoms with Gasteiger partial charge in [0.15, 0.2) is 5.82 Å². The average molecular weight is 212 g/mol. The monoisotopic (exact) mass is 212 g/mol. The lowest BCUT2D eigenvalue weighted by Crippen LogP contribution is -2.39. The molecule has 0 fully saturated rings. The van der Waals surface area contributed by atoms with Crippen molar-refractivity contribution < 1.29 is 9.53 Å². The summed E-state index contributed by atoms with van der Waals surface area (Å²) < 4.78 is 4.72. The van der Waals surface area contributed by atoms with Crippen molar-refractivity contribution in [3.8, 4) is 0 Å². The molecular formula is C8H12N4O3. The van der Waals surface area contributed by atoms with E-state index in [2.05, 4.69) is 15.5 Å². The summed E-state index contributed by atoms with van der Waals surface area (Å²) >= 11 is 0. The molecule has 0 spiro atoms. The van der Waals surface area contributed by atoms with Crippen molar-refractivity contribution in [1.82, 2.24) is 10.2 Å². The van der Waals surface area contributed by atoms with E-state index in [9.17, 15) is 9.59 Å². The lowest BCUT2D eigenvalue weighted by Gasteiger charge is -2.09. The lowest BCUT2D eigenvalue weighted by molar-refractivity contribution is -0.118. The molecule has 7 nitrogen and oxygen atoms in total. The van der Waals surface area contributed by atoms with Crippen molar-refractivity contribution in [2.24, 2.45) is 5.73 Å². The summed E-state index contributed by atoms with van der Waals surface area (Å²) in [6, 6.07) is 1.88. The number of hydrogen-bond donors (Lipinski definition) is 3. The summed E-state index contributed by atoms with van der Waals surface area (Å²) in [7, 11) is 1.45. The minimum Gasteiger partial charge on any atom is -0.383 e.